The minimum Gasteiger partial charge on any atom is -0.453 e. The lowest BCUT2D eigenvalue weighted by atomic mass is 10.2. The van der Waals surface area contributed by atoms with Crippen LogP contribution < -0.4 is 5.32 Å². The van der Waals surface area contributed by atoms with E-state index in [1.807, 2.05) is 18.3 Å². The number of aromatic nitrogens is 1. The highest BCUT2D eigenvalue weighted by molar-refractivity contribution is 6.29. The van der Waals surface area contributed by atoms with Crippen LogP contribution in [-0.4, -0.2) is 72.3 Å². The minimum atomic E-state index is -0.367. The summed E-state index contributed by atoms with van der Waals surface area (Å²) in [5.74, 6) is 1.35. The lowest BCUT2D eigenvalue weighted by Gasteiger charge is -2.37. The summed E-state index contributed by atoms with van der Waals surface area (Å²) in [6.45, 7) is 8.59. The van der Waals surface area contributed by atoms with Crippen molar-refractivity contribution in [2.75, 3.05) is 46.5 Å². The molecule has 3 heterocycles. The molecule has 0 aromatic carbocycles. The number of methoxy groups -OCH3 is 1. The van der Waals surface area contributed by atoms with Gasteiger partial charge in [0.15, 0.2) is 0 Å². The summed E-state index contributed by atoms with van der Waals surface area (Å²) >= 11 is 5.88. The molecule has 1 amide bonds. The molecule has 0 unspecified atom stereocenters. The quantitative estimate of drug-likeness (QED) is 0.603. The Balaban J connectivity index is 1.54. The molecule has 2 aliphatic rings. The fourth-order valence-corrected chi connectivity index (χ4v) is 3.73. The summed E-state index contributed by atoms with van der Waals surface area (Å²) in [6, 6.07) is 3.88. The van der Waals surface area contributed by atoms with Gasteiger partial charge in [0, 0.05) is 45.5 Å². The van der Waals surface area contributed by atoms with Crippen LogP contribution in [0.5, 0.6) is 0 Å². The predicted octanol–water partition coefficient (Wildman–Crippen LogP) is 2.10. The first kappa shape index (κ1) is 18.8. The van der Waals surface area contributed by atoms with Crippen LogP contribution in [0.1, 0.15) is 18.9 Å². The van der Waals surface area contributed by atoms with Crippen molar-refractivity contribution in [1.82, 2.24) is 25.0 Å². The molecule has 0 spiro atoms. The van der Waals surface area contributed by atoms with Crippen molar-refractivity contribution in [3.8, 4) is 0 Å². The number of carbonyl (C=O) groups excluding carboxylic acids is 1. The van der Waals surface area contributed by atoms with Crippen LogP contribution in [0.2, 0.25) is 5.15 Å². The van der Waals surface area contributed by atoms with Gasteiger partial charge in [-0.3, -0.25) is 4.90 Å². The van der Waals surface area contributed by atoms with Gasteiger partial charge in [0.1, 0.15) is 11.0 Å². The maximum absolute atomic E-state index is 11.1. The number of amides is 1. The molecule has 0 radical (unpaired) electrons. The Morgan fingerprint density at radius 1 is 1.38 bits per heavy atom. The SMILES string of the molecule is COC(=O)NCCCN1CC(C)=C2N(Cc3ccc(Cl)nc3)CCN2C1. The van der Waals surface area contributed by atoms with E-state index in [-0.39, 0.29) is 6.09 Å². The van der Waals surface area contributed by atoms with E-state index in [0.29, 0.717) is 11.7 Å². The number of hydrogen-bond acceptors (Lipinski definition) is 6. The van der Waals surface area contributed by atoms with E-state index in [1.165, 1.54) is 24.1 Å². The largest absolute Gasteiger partial charge is 0.453 e. The van der Waals surface area contributed by atoms with E-state index in [9.17, 15) is 4.79 Å². The highest BCUT2D eigenvalue weighted by atomic mass is 35.5. The second-order valence-corrected chi connectivity index (χ2v) is 7.13. The summed E-state index contributed by atoms with van der Waals surface area (Å²) in [7, 11) is 1.38. The van der Waals surface area contributed by atoms with Gasteiger partial charge in [-0.1, -0.05) is 17.7 Å². The number of nitrogens with zero attached hydrogens (tertiary/aromatic N) is 4. The summed E-state index contributed by atoms with van der Waals surface area (Å²) < 4.78 is 4.59. The number of alkyl carbamates (subject to hydrolysis) is 1. The van der Waals surface area contributed by atoms with E-state index in [1.54, 1.807) is 0 Å². The number of halogens is 1. The third-order valence-electron chi connectivity index (χ3n) is 4.72. The lowest BCUT2D eigenvalue weighted by molar-refractivity contribution is 0.148. The first-order valence-electron chi connectivity index (χ1n) is 8.91. The molecule has 1 N–H and O–H groups in total. The van der Waals surface area contributed by atoms with Gasteiger partial charge in [-0.15, -0.1) is 0 Å². The second-order valence-electron chi connectivity index (χ2n) is 6.74. The zero-order valence-corrected chi connectivity index (χ0v) is 16.1. The van der Waals surface area contributed by atoms with Crippen molar-refractivity contribution in [2.45, 2.75) is 19.9 Å². The van der Waals surface area contributed by atoms with Crippen molar-refractivity contribution in [2.24, 2.45) is 0 Å². The van der Waals surface area contributed by atoms with Crippen molar-refractivity contribution in [3.63, 3.8) is 0 Å². The van der Waals surface area contributed by atoms with E-state index < -0.39 is 0 Å². The van der Waals surface area contributed by atoms with Crippen molar-refractivity contribution in [1.29, 1.82) is 0 Å². The van der Waals surface area contributed by atoms with E-state index in [4.69, 9.17) is 11.6 Å². The topological polar surface area (TPSA) is 60.9 Å². The highest BCUT2D eigenvalue weighted by Gasteiger charge is 2.31. The summed E-state index contributed by atoms with van der Waals surface area (Å²) in [6.07, 6.45) is 2.39. The molecule has 26 heavy (non-hydrogen) atoms. The molecule has 1 aromatic rings. The summed E-state index contributed by atoms with van der Waals surface area (Å²) in [5.41, 5.74) is 2.56. The molecule has 7 nitrogen and oxygen atoms in total. The van der Waals surface area contributed by atoms with Crippen molar-refractivity contribution < 1.29 is 9.53 Å². The third-order valence-corrected chi connectivity index (χ3v) is 4.94. The normalized spacial score (nSPS) is 17.5. The average Bonchev–Trinajstić information content (AvgIpc) is 3.03. The monoisotopic (exact) mass is 379 g/mol. The minimum absolute atomic E-state index is 0.367. The molecule has 0 aliphatic carbocycles. The summed E-state index contributed by atoms with van der Waals surface area (Å²) in [4.78, 5) is 22.6. The zero-order chi connectivity index (χ0) is 18.5. The van der Waals surface area contributed by atoms with Gasteiger partial charge in [-0.05, 0) is 30.5 Å². The van der Waals surface area contributed by atoms with Crippen LogP contribution in [0, 0.1) is 0 Å². The smallest absolute Gasteiger partial charge is 0.406 e. The highest BCUT2D eigenvalue weighted by Crippen LogP contribution is 2.28. The van der Waals surface area contributed by atoms with E-state index in [2.05, 4.69) is 36.7 Å². The van der Waals surface area contributed by atoms with Gasteiger partial charge in [0.05, 0.1) is 13.8 Å². The molecular formula is C18H26ClN5O2. The Bertz CT molecular complexity index is 664. The van der Waals surface area contributed by atoms with Crippen molar-refractivity contribution >= 4 is 17.7 Å². The average molecular weight is 380 g/mol. The number of hydrogen-bond donors (Lipinski definition) is 1. The molecule has 0 atom stereocenters. The first-order valence-corrected chi connectivity index (χ1v) is 9.29. The van der Waals surface area contributed by atoms with E-state index >= 15 is 0 Å². The first-order chi connectivity index (χ1) is 12.6. The molecule has 8 heteroatoms. The Kier molecular flexibility index (Phi) is 6.21. The van der Waals surface area contributed by atoms with E-state index in [0.717, 1.165) is 45.8 Å². The predicted molar refractivity (Wildman–Crippen MR) is 101 cm³/mol. The van der Waals surface area contributed by atoms with Gasteiger partial charge in [-0.25, -0.2) is 9.78 Å². The lowest BCUT2D eigenvalue weighted by Crippen LogP contribution is -2.44. The number of rotatable bonds is 6. The standard InChI is InChI=1S/C18H26ClN5O2/c1-14-11-22(7-3-6-20-18(25)26-2)13-24-9-8-23(17(14)24)12-15-4-5-16(19)21-10-15/h4-5,10H,3,6-9,11-13H2,1-2H3,(H,20,25). The molecule has 1 aromatic heterocycles. The Morgan fingerprint density at radius 2 is 2.23 bits per heavy atom. The Morgan fingerprint density at radius 3 is 2.96 bits per heavy atom. The number of fused-ring (bicyclic) bond motifs is 1. The maximum atomic E-state index is 11.1. The molecule has 3 rings (SSSR count). The molecule has 1 fully saturated rings. The Labute approximate surface area is 159 Å². The maximum Gasteiger partial charge on any atom is 0.406 e. The van der Waals surface area contributed by atoms with Crippen LogP contribution in [0.3, 0.4) is 0 Å². The van der Waals surface area contributed by atoms with Crippen molar-refractivity contribution in [3.05, 3.63) is 40.4 Å². The number of ether oxygens (including phenoxy) is 1. The molecule has 2 aliphatic heterocycles. The van der Waals surface area contributed by atoms with Gasteiger partial charge < -0.3 is 19.9 Å². The fourth-order valence-electron chi connectivity index (χ4n) is 3.62. The number of carbonyl (C=O) groups is 1. The molecular weight excluding hydrogens is 354 g/mol. The molecule has 142 valence electrons. The molecule has 1 saturated heterocycles. The van der Waals surface area contributed by atoms with Gasteiger partial charge in [0.25, 0.3) is 0 Å². The van der Waals surface area contributed by atoms with Gasteiger partial charge in [-0.2, -0.15) is 0 Å². The van der Waals surface area contributed by atoms with Crippen LogP contribution in [0.15, 0.2) is 29.7 Å². The van der Waals surface area contributed by atoms with Gasteiger partial charge >= 0.3 is 6.09 Å². The zero-order valence-electron chi connectivity index (χ0n) is 15.4. The number of pyridine rings is 1. The fraction of sp³-hybridized carbons (Fsp3) is 0.556. The second kappa shape index (κ2) is 8.60. The van der Waals surface area contributed by atoms with Gasteiger partial charge in [0.2, 0.25) is 0 Å². The summed E-state index contributed by atoms with van der Waals surface area (Å²) in [5, 5.41) is 3.26. The van der Waals surface area contributed by atoms with Crippen LogP contribution in [0.4, 0.5) is 4.79 Å². The Hall–Kier alpha value is -1.99. The van der Waals surface area contributed by atoms with Crippen LogP contribution in [-0.2, 0) is 11.3 Å². The molecule has 0 saturated carbocycles. The van der Waals surface area contributed by atoms with Crippen LogP contribution in [0.25, 0.3) is 0 Å². The third kappa shape index (κ3) is 4.59. The number of nitrogens with one attached hydrogen (secondary N) is 1. The molecule has 0 bridgehead atoms. The van der Waals surface area contributed by atoms with Crippen LogP contribution >= 0.6 is 11.6 Å².